The largest absolute Gasteiger partial charge is 0.490 e. The highest BCUT2D eigenvalue weighted by Crippen LogP contribution is 2.33. The molecule has 0 atom stereocenters. The summed E-state index contributed by atoms with van der Waals surface area (Å²) in [7, 11) is 0. The molecule has 0 radical (unpaired) electrons. The van der Waals surface area contributed by atoms with E-state index in [2.05, 4.69) is 0 Å². The molecule has 3 heteroatoms. The fraction of sp³-hybridized carbons (Fsp3) is 0.400. The maximum absolute atomic E-state index is 13.3. The van der Waals surface area contributed by atoms with Crippen molar-refractivity contribution >= 4 is 5.69 Å². The summed E-state index contributed by atoms with van der Waals surface area (Å²) < 4.78 is 18.6. The number of hydrogen-bond acceptors (Lipinski definition) is 2. The topological polar surface area (TPSA) is 35.2 Å². The van der Waals surface area contributed by atoms with E-state index in [1.54, 1.807) is 0 Å². The number of rotatable bonds is 0. The Bertz CT molecular complexity index is 349. The van der Waals surface area contributed by atoms with E-state index in [1.165, 1.54) is 6.07 Å². The van der Waals surface area contributed by atoms with Gasteiger partial charge in [-0.15, -0.1) is 0 Å². The molecule has 0 aromatic heterocycles. The van der Waals surface area contributed by atoms with Crippen molar-refractivity contribution in [3.8, 4) is 5.75 Å². The average Bonchev–Trinajstić information content (AvgIpc) is 2.15. The van der Waals surface area contributed by atoms with Gasteiger partial charge in [-0.2, -0.15) is 0 Å². The van der Waals surface area contributed by atoms with Gasteiger partial charge in [0.25, 0.3) is 0 Å². The number of fused-ring (bicyclic) bond motifs is 1. The summed E-state index contributed by atoms with van der Waals surface area (Å²) in [4.78, 5) is 0. The molecule has 0 saturated carbocycles. The molecule has 0 spiro atoms. The second-order valence-electron chi connectivity index (χ2n) is 3.33. The van der Waals surface area contributed by atoms with Crippen LogP contribution < -0.4 is 10.5 Å². The van der Waals surface area contributed by atoms with E-state index in [0.29, 0.717) is 18.0 Å². The van der Waals surface area contributed by atoms with E-state index >= 15 is 0 Å². The van der Waals surface area contributed by atoms with Gasteiger partial charge in [-0.25, -0.2) is 4.39 Å². The molecule has 2 nitrogen and oxygen atoms in total. The van der Waals surface area contributed by atoms with Crippen molar-refractivity contribution in [2.45, 2.75) is 19.8 Å². The molecular weight excluding hydrogens is 169 g/mol. The second kappa shape index (κ2) is 2.91. The minimum Gasteiger partial charge on any atom is -0.490 e. The maximum atomic E-state index is 13.3. The van der Waals surface area contributed by atoms with E-state index in [9.17, 15) is 4.39 Å². The zero-order valence-corrected chi connectivity index (χ0v) is 7.56. The van der Waals surface area contributed by atoms with Gasteiger partial charge in [-0.3, -0.25) is 0 Å². The Hall–Kier alpha value is -1.25. The number of ether oxygens (including phenoxy) is 1. The lowest BCUT2D eigenvalue weighted by Crippen LogP contribution is -2.12. The van der Waals surface area contributed by atoms with E-state index < -0.39 is 0 Å². The quantitative estimate of drug-likeness (QED) is 0.621. The molecule has 2 rings (SSSR count). The van der Waals surface area contributed by atoms with Crippen LogP contribution in [-0.4, -0.2) is 6.61 Å². The highest BCUT2D eigenvalue weighted by Gasteiger charge is 2.18. The molecule has 1 heterocycles. The average molecular weight is 181 g/mol. The van der Waals surface area contributed by atoms with Crippen LogP contribution in [-0.2, 0) is 6.42 Å². The normalized spacial score (nSPS) is 14.9. The number of halogens is 1. The molecule has 2 N–H and O–H groups in total. The van der Waals surface area contributed by atoms with Crippen LogP contribution >= 0.6 is 0 Å². The number of nitrogen functional groups attached to an aromatic ring is 1. The summed E-state index contributed by atoms with van der Waals surface area (Å²) in [5.74, 6) is 0.0655. The highest BCUT2D eigenvalue weighted by molar-refractivity contribution is 5.57. The molecule has 0 bridgehead atoms. The smallest absolute Gasteiger partial charge is 0.167 e. The molecular formula is C10H12FNO. The molecule has 70 valence electrons. The second-order valence-corrected chi connectivity index (χ2v) is 3.33. The summed E-state index contributed by atoms with van der Waals surface area (Å²) in [5, 5.41) is 0. The Morgan fingerprint density at radius 2 is 2.31 bits per heavy atom. The summed E-state index contributed by atoms with van der Waals surface area (Å²) in [6.45, 7) is 2.51. The lowest BCUT2D eigenvalue weighted by atomic mass is 9.99. The summed E-state index contributed by atoms with van der Waals surface area (Å²) in [6.07, 6.45) is 1.81. The minimum atomic E-state index is -0.335. The summed E-state index contributed by atoms with van der Waals surface area (Å²) in [5.41, 5.74) is 8.05. The van der Waals surface area contributed by atoms with Crippen LogP contribution in [0.15, 0.2) is 6.07 Å². The third kappa shape index (κ3) is 1.24. The van der Waals surface area contributed by atoms with Crippen LogP contribution in [0, 0.1) is 12.7 Å². The van der Waals surface area contributed by atoms with Crippen molar-refractivity contribution in [3.63, 3.8) is 0 Å². The molecule has 0 unspecified atom stereocenters. The molecule has 13 heavy (non-hydrogen) atoms. The van der Waals surface area contributed by atoms with Crippen molar-refractivity contribution < 1.29 is 9.13 Å². The first-order chi connectivity index (χ1) is 6.20. The van der Waals surface area contributed by atoms with Gasteiger partial charge in [0.1, 0.15) is 0 Å². The molecule has 0 fully saturated rings. The van der Waals surface area contributed by atoms with Gasteiger partial charge in [-0.1, -0.05) is 0 Å². The van der Waals surface area contributed by atoms with Gasteiger partial charge in [-0.05, 0) is 25.3 Å². The first-order valence-electron chi connectivity index (χ1n) is 4.40. The molecule has 1 aliphatic rings. The summed E-state index contributed by atoms with van der Waals surface area (Å²) >= 11 is 0. The summed E-state index contributed by atoms with van der Waals surface area (Å²) in [6, 6.07) is 1.33. The first-order valence-corrected chi connectivity index (χ1v) is 4.40. The van der Waals surface area contributed by atoms with Crippen molar-refractivity contribution in [1.82, 2.24) is 0 Å². The van der Waals surface area contributed by atoms with Crippen molar-refractivity contribution in [2.75, 3.05) is 12.3 Å². The van der Waals surface area contributed by atoms with Crippen LogP contribution in [0.2, 0.25) is 0 Å². The lowest BCUT2D eigenvalue weighted by molar-refractivity contribution is 0.273. The van der Waals surface area contributed by atoms with E-state index in [4.69, 9.17) is 10.5 Å². The van der Waals surface area contributed by atoms with Crippen LogP contribution in [0.4, 0.5) is 10.1 Å². The van der Waals surface area contributed by atoms with Crippen LogP contribution in [0.3, 0.4) is 0 Å². The van der Waals surface area contributed by atoms with Crippen LogP contribution in [0.5, 0.6) is 5.75 Å². The minimum absolute atomic E-state index is 0.335. The third-order valence-electron chi connectivity index (χ3n) is 2.48. The third-order valence-corrected chi connectivity index (χ3v) is 2.48. The number of anilines is 1. The van der Waals surface area contributed by atoms with E-state index in [1.807, 2.05) is 6.92 Å². The van der Waals surface area contributed by atoms with Gasteiger partial charge in [0.2, 0.25) is 0 Å². The Labute approximate surface area is 76.5 Å². The number of nitrogens with two attached hydrogens (primary N) is 1. The fourth-order valence-electron chi connectivity index (χ4n) is 1.68. The van der Waals surface area contributed by atoms with Gasteiger partial charge in [0.15, 0.2) is 11.6 Å². The zero-order chi connectivity index (χ0) is 9.42. The van der Waals surface area contributed by atoms with Gasteiger partial charge in [0, 0.05) is 17.3 Å². The number of hydrogen-bond donors (Lipinski definition) is 1. The van der Waals surface area contributed by atoms with E-state index in [-0.39, 0.29) is 5.82 Å². The Kier molecular flexibility index (Phi) is 1.87. The predicted octanol–water partition coefficient (Wildman–Crippen LogP) is 2.04. The highest BCUT2D eigenvalue weighted by atomic mass is 19.1. The molecule has 0 amide bonds. The first kappa shape index (κ1) is 8.35. The molecule has 0 aliphatic carbocycles. The van der Waals surface area contributed by atoms with Crippen molar-refractivity contribution in [1.29, 1.82) is 0 Å². The Balaban J connectivity index is 2.63. The number of benzene rings is 1. The van der Waals surface area contributed by atoms with Gasteiger partial charge in [0.05, 0.1) is 6.61 Å². The SMILES string of the molecule is Cc1c(N)cc(F)c2c1CCCO2. The monoisotopic (exact) mass is 181 g/mol. The van der Waals surface area contributed by atoms with Crippen molar-refractivity contribution in [3.05, 3.63) is 23.0 Å². The molecule has 1 aliphatic heterocycles. The van der Waals surface area contributed by atoms with Crippen molar-refractivity contribution in [2.24, 2.45) is 0 Å². The standard InChI is InChI=1S/C10H12FNO/c1-6-7-3-2-4-13-10(7)8(11)5-9(6)12/h5H,2-4,12H2,1H3. The molecule has 0 saturated heterocycles. The predicted molar refractivity (Wildman–Crippen MR) is 49.4 cm³/mol. The fourth-order valence-corrected chi connectivity index (χ4v) is 1.68. The lowest BCUT2D eigenvalue weighted by Gasteiger charge is -2.20. The van der Waals surface area contributed by atoms with Gasteiger partial charge < -0.3 is 10.5 Å². The van der Waals surface area contributed by atoms with Crippen LogP contribution in [0.1, 0.15) is 17.5 Å². The Morgan fingerprint density at radius 3 is 3.08 bits per heavy atom. The van der Waals surface area contributed by atoms with Gasteiger partial charge >= 0.3 is 0 Å². The molecule has 1 aromatic carbocycles. The maximum Gasteiger partial charge on any atom is 0.167 e. The van der Waals surface area contributed by atoms with E-state index in [0.717, 1.165) is 24.0 Å². The Morgan fingerprint density at radius 1 is 1.54 bits per heavy atom. The van der Waals surface area contributed by atoms with Crippen LogP contribution in [0.25, 0.3) is 0 Å². The zero-order valence-electron chi connectivity index (χ0n) is 7.56. The molecule has 1 aromatic rings.